The van der Waals surface area contributed by atoms with Gasteiger partial charge in [-0.25, -0.2) is 8.42 Å². The zero-order valence-electron chi connectivity index (χ0n) is 24.1. The largest absolute Gasteiger partial charge is 0.509 e. The number of aryl methyl sites for hydroxylation is 1. The van der Waals surface area contributed by atoms with Crippen LogP contribution < -0.4 is 10.6 Å². The number of anilines is 1. The molecule has 0 spiro atoms. The number of nitrogens with one attached hydrogen (secondary N) is 1. The van der Waals surface area contributed by atoms with Crippen molar-refractivity contribution in [1.29, 1.82) is 0 Å². The van der Waals surface area contributed by atoms with Crippen molar-refractivity contribution in [3.8, 4) is 0 Å². The van der Waals surface area contributed by atoms with Crippen molar-refractivity contribution in [2.24, 2.45) is 16.1 Å². The van der Waals surface area contributed by atoms with E-state index in [9.17, 15) is 27.8 Å². The number of rotatable bonds is 10. The van der Waals surface area contributed by atoms with Crippen molar-refractivity contribution in [3.63, 3.8) is 0 Å². The van der Waals surface area contributed by atoms with E-state index < -0.39 is 23.4 Å². The molecule has 0 aromatic heterocycles. The Morgan fingerprint density at radius 1 is 1.12 bits per heavy atom. The highest BCUT2D eigenvalue weighted by atomic mass is 32.2. The normalized spacial score (nSPS) is 24.2. The number of amidine groups is 1. The van der Waals surface area contributed by atoms with Gasteiger partial charge in [0.2, 0.25) is 0 Å². The van der Waals surface area contributed by atoms with Crippen molar-refractivity contribution < 1.29 is 27.8 Å². The molecule has 0 radical (unpaired) electrons. The third-order valence-electron chi connectivity index (χ3n) is 8.13. The number of nitrogens with zero attached hydrogens (tertiary/aromatic N) is 2. The molecule has 9 nitrogen and oxygen atoms in total. The topological polar surface area (TPSA) is 136 Å². The van der Waals surface area contributed by atoms with Crippen LogP contribution in [0, 0.1) is 11.3 Å². The summed E-state index contributed by atoms with van der Waals surface area (Å²) in [5.41, 5.74) is 1.26. The maximum absolute atomic E-state index is 13.8. The molecule has 2 heterocycles. The first-order valence-electron chi connectivity index (χ1n) is 14.4. The summed E-state index contributed by atoms with van der Waals surface area (Å²) in [5.74, 6) is -0.147. The molecule has 0 saturated heterocycles. The van der Waals surface area contributed by atoms with Gasteiger partial charge in [0.25, 0.3) is 5.91 Å². The van der Waals surface area contributed by atoms with Crippen LogP contribution in [0.25, 0.3) is 0 Å². The molecular weight excluding hydrogens is 549 g/mol. The molecule has 222 valence electrons. The SMILES string of the molecule is CC(C)(C)CCN1C(=O)C(C2=NP(=O)(O)c3cc(CCCCCS(C)(=O)=O)ccc3N2)=C(O)C1C1CCCCC1. The molecule has 1 aliphatic carbocycles. The van der Waals surface area contributed by atoms with Crippen molar-refractivity contribution in [2.75, 3.05) is 23.9 Å². The summed E-state index contributed by atoms with van der Waals surface area (Å²) in [7, 11) is -7.20. The average Bonchev–Trinajstić information content (AvgIpc) is 3.10. The van der Waals surface area contributed by atoms with Crippen LogP contribution in [0.2, 0.25) is 0 Å². The van der Waals surface area contributed by atoms with Crippen LogP contribution in [-0.2, 0) is 25.6 Å². The fourth-order valence-corrected chi connectivity index (χ4v) is 7.96. The minimum absolute atomic E-state index is 0.000592. The zero-order valence-corrected chi connectivity index (χ0v) is 25.9. The van der Waals surface area contributed by atoms with Gasteiger partial charge in [-0.15, -0.1) is 0 Å². The van der Waals surface area contributed by atoms with E-state index in [0.29, 0.717) is 25.1 Å². The van der Waals surface area contributed by atoms with Crippen molar-refractivity contribution in [3.05, 3.63) is 35.1 Å². The van der Waals surface area contributed by atoms with Crippen LogP contribution in [0.1, 0.15) is 84.1 Å². The second-order valence-corrected chi connectivity index (χ2v) is 16.9. The molecule has 11 heteroatoms. The number of benzene rings is 1. The van der Waals surface area contributed by atoms with Gasteiger partial charge in [0.1, 0.15) is 21.2 Å². The molecule has 2 aliphatic heterocycles. The van der Waals surface area contributed by atoms with Crippen molar-refractivity contribution in [2.45, 2.75) is 91.0 Å². The molecule has 1 aromatic rings. The second-order valence-electron chi connectivity index (χ2n) is 12.8. The van der Waals surface area contributed by atoms with Crippen LogP contribution >= 0.6 is 7.52 Å². The van der Waals surface area contributed by atoms with E-state index >= 15 is 0 Å². The Hall–Kier alpha value is -2.16. The van der Waals surface area contributed by atoms with Gasteiger partial charge in [-0.05, 0) is 67.6 Å². The maximum Gasteiger partial charge on any atom is 0.346 e. The van der Waals surface area contributed by atoms with E-state index in [1.165, 1.54) is 6.26 Å². The summed E-state index contributed by atoms with van der Waals surface area (Å²) in [6, 6.07) is 4.78. The standard InChI is InChI=1S/C29H44N3O6PS/c1-29(2,3)16-17-32-25(21-12-8-5-9-13-21)26(33)24(28(32)34)27-30-22-15-14-20(19-23(22)39(35,36)31-27)11-7-6-10-18-40(4,37)38/h14-15,19,21,25,33H,5-13,16-18H2,1-4H3,(H2,30,31,35,36). The van der Waals surface area contributed by atoms with Crippen LogP contribution in [0.15, 0.2) is 34.3 Å². The zero-order chi connectivity index (χ0) is 29.3. The van der Waals surface area contributed by atoms with Gasteiger partial charge in [-0.1, -0.05) is 52.5 Å². The van der Waals surface area contributed by atoms with E-state index in [2.05, 4.69) is 30.9 Å². The Labute approximate surface area is 238 Å². The summed E-state index contributed by atoms with van der Waals surface area (Å²) in [5, 5.41) is 14.7. The number of hydrogen-bond acceptors (Lipinski definition) is 6. The Morgan fingerprint density at radius 3 is 2.48 bits per heavy atom. The number of carbonyl (C=O) groups excluding carboxylic acids is 1. The van der Waals surface area contributed by atoms with E-state index in [1.807, 2.05) is 6.07 Å². The van der Waals surface area contributed by atoms with Crippen LogP contribution in [0.5, 0.6) is 0 Å². The Balaban J connectivity index is 1.56. The minimum Gasteiger partial charge on any atom is -0.509 e. The van der Waals surface area contributed by atoms with Crippen molar-refractivity contribution in [1.82, 2.24) is 4.90 Å². The quantitative estimate of drug-likeness (QED) is 0.253. The van der Waals surface area contributed by atoms with Gasteiger partial charge in [0.15, 0.2) is 5.84 Å². The number of carbonyl (C=O) groups is 1. The smallest absolute Gasteiger partial charge is 0.346 e. The lowest BCUT2D eigenvalue weighted by Crippen LogP contribution is -2.43. The fourth-order valence-electron chi connectivity index (χ4n) is 5.93. The Bertz CT molecular complexity index is 1340. The highest BCUT2D eigenvalue weighted by molar-refractivity contribution is 7.90. The molecule has 40 heavy (non-hydrogen) atoms. The molecule has 1 saturated carbocycles. The number of fused-ring (bicyclic) bond motifs is 1. The summed E-state index contributed by atoms with van der Waals surface area (Å²) in [6.45, 7) is 6.85. The van der Waals surface area contributed by atoms with Gasteiger partial charge in [-0.2, -0.15) is 4.76 Å². The average molecular weight is 594 g/mol. The van der Waals surface area contributed by atoms with Crippen LogP contribution in [0.4, 0.5) is 5.69 Å². The van der Waals surface area contributed by atoms with Gasteiger partial charge in [-0.3, -0.25) is 9.36 Å². The number of sulfone groups is 1. The molecule has 2 atom stereocenters. The molecular formula is C29H44N3O6PS. The monoisotopic (exact) mass is 593 g/mol. The second kappa shape index (κ2) is 12.0. The first kappa shape index (κ1) is 30.8. The van der Waals surface area contributed by atoms with Gasteiger partial charge in [0, 0.05) is 18.6 Å². The molecule has 2 unspecified atom stereocenters. The van der Waals surface area contributed by atoms with Gasteiger partial charge in [0.05, 0.1) is 17.0 Å². The molecule has 3 aliphatic rings. The highest BCUT2D eigenvalue weighted by Crippen LogP contribution is 2.48. The molecule has 1 aromatic carbocycles. The number of unbranched alkanes of at least 4 members (excludes halogenated alkanes) is 2. The first-order valence-corrected chi connectivity index (χ1v) is 18.1. The first-order chi connectivity index (χ1) is 18.7. The number of aliphatic hydroxyl groups is 1. The predicted molar refractivity (Wildman–Crippen MR) is 160 cm³/mol. The van der Waals surface area contributed by atoms with Gasteiger partial charge >= 0.3 is 7.52 Å². The van der Waals surface area contributed by atoms with E-state index in [4.69, 9.17) is 0 Å². The highest BCUT2D eigenvalue weighted by Gasteiger charge is 2.47. The third kappa shape index (κ3) is 7.37. The number of hydrogen-bond donors (Lipinski definition) is 3. The lowest BCUT2D eigenvalue weighted by Gasteiger charge is -2.35. The minimum atomic E-state index is -4.22. The summed E-state index contributed by atoms with van der Waals surface area (Å²) in [6.07, 6.45) is 9.85. The number of aliphatic hydroxyl groups excluding tert-OH is 1. The number of amides is 1. The molecule has 3 N–H and O–H groups in total. The van der Waals surface area contributed by atoms with E-state index in [0.717, 1.165) is 56.9 Å². The molecule has 4 rings (SSSR count). The maximum atomic E-state index is 13.8. The van der Waals surface area contributed by atoms with Crippen molar-refractivity contribution >= 4 is 40.1 Å². The van der Waals surface area contributed by atoms with Gasteiger partial charge < -0.3 is 20.2 Å². The van der Waals surface area contributed by atoms with E-state index in [1.54, 1.807) is 17.0 Å². The summed E-state index contributed by atoms with van der Waals surface area (Å²) >= 11 is 0. The lowest BCUT2D eigenvalue weighted by atomic mass is 9.82. The van der Waals surface area contributed by atoms with Crippen LogP contribution in [0.3, 0.4) is 0 Å². The molecule has 1 amide bonds. The molecule has 0 bridgehead atoms. The lowest BCUT2D eigenvalue weighted by molar-refractivity contribution is -0.128. The van der Waals surface area contributed by atoms with E-state index in [-0.39, 0.29) is 45.5 Å². The Kier molecular flexibility index (Phi) is 9.22. The fraction of sp³-hybridized carbons (Fsp3) is 0.655. The Morgan fingerprint density at radius 2 is 1.82 bits per heavy atom. The summed E-state index contributed by atoms with van der Waals surface area (Å²) < 4.78 is 40.2. The molecule has 1 fully saturated rings. The third-order valence-corrected chi connectivity index (χ3v) is 10.6. The predicted octanol–water partition coefficient (Wildman–Crippen LogP) is 5.12. The summed E-state index contributed by atoms with van der Waals surface area (Å²) in [4.78, 5) is 26.5. The van der Waals surface area contributed by atoms with Crippen LogP contribution in [-0.4, -0.2) is 59.7 Å².